The van der Waals surface area contributed by atoms with Gasteiger partial charge in [-0.3, -0.25) is 0 Å². The Labute approximate surface area is 71.5 Å². The molecule has 1 rings (SSSR count). The number of anilines is 2. The van der Waals surface area contributed by atoms with Crippen molar-refractivity contribution in [3.05, 3.63) is 24.5 Å². The van der Waals surface area contributed by atoms with Crippen molar-refractivity contribution in [1.82, 2.24) is 9.97 Å². The van der Waals surface area contributed by atoms with Gasteiger partial charge in [-0.2, -0.15) is 0 Å². The molecular weight excluding hydrogens is 152 g/mol. The largest absolute Gasteiger partial charge is 0.381 e. The van der Waals surface area contributed by atoms with Crippen molar-refractivity contribution in [3.8, 4) is 0 Å². The molecule has 4 heteroatoms. The van der Waals surface area contributed by atoms with E-state index in [1.165, 1.54) is 0 Å². The van der Waals surface area contributed by atoms with E-state index in [9.17, 15) is 0 Å². The third-order valence-corrected chi connectivity index (χ3v) is 1.28. The first-order valence-corrected chi connectivity index (χ1v) is 3.65. The lowest BCUT2D eigenvalue weighted by molar-refractivity contribution is 1.13. The molecule has 0 aliphatic rings. The van der Waals surface area contributed by atoms with Gasteiger partial charge < -0.3 is 11.1 Å². The second-order valence-corrected chi connectivity index (χ2v) is 2.60. The van der Waals surface area contributed by atoms with Gasteiger partial charge in [0.05, 0.1) is 0 Å². The summed E-state index contributed by atoms with van der Waals surface area (Å²) in [4.78, 5) is 7.89. The molecule has 4 nitrogen and oxygen atoms in total. The van der Waals surface area contributed by atoms with Gasteiger partial charge in [-0.05, 0) is 6.92 Å². The Hall–Kier alpha value is -1.58. The van der Waals surface area contributed by atoms with Gasteiger partial charge in [0.25, 0.3) is 0 Å². The van der Waals surface area contributed by atoms with Crippen LogP contribution in [0.1, 0.15) is 6.92 Å². The summed E-state index contributed by atoms with van der Waals surface area (Å²) in [5, 5.41) is 3.01. The molecule has 0 aromatic carbocycles. The molecular formula is C8H12N4. The highest BCUT2D eigenvalue weighted by molar-refractivity contribution is 5.55. The summed E-state index contributed by atoms with van der Waals surface area (Å²) in [5.74, 6) is 1.03. The van der Waals surface area contributed by atoms with Gasteiger partial charge >= 0.3 is 0 Å². The monoisotopic (exact) mass is 164 g/mol. The second-order valence-electron chi connectivity index (χ2n) is 2.60. The van der Waals surface area contributed by atoms with Crippen molar-refractivity contribution in [2.75, 3.05) is 17.6 Å². The average molecular weight is 164 g/mol. The van der Waals surface area contributed by atoms with Gasteiger partial charge in [0, 0.05) is 18.9 Å². The maximum Gasteiger partial charge on any atom is 0.169 e. The van der Waals surface area contributed by atoms with E-state index in [4.69, 9.17) is 5.73 Å². The first-order valence-electron chi connectivity index (χ1n) is 3.65. The number of hydrogen-bond acceptors (Lipinski definition) is 4. The molecule has 0 aliphatic carbocycles. The number of rotatable bonds is 3. The van der Waals surface area contributed by atoms with Crippen LogP contribution in [0.5, 0.6) is 0 Å². The zero-order chi connectivity index (χ0) is 8.97. The Morgan fingerprint density at radius 3 is 2.83 bits per heavy atom. The van der Waals surface area contributed by atoms with Crippen LogP contribution in [0.25, 0.3) is 0 Å². The zero-order valence-corrected chi connectivity index (χ0v) is 7.04. The van der Waals surface area contributed by atoms with Crippen LogP contribution in [0.15, 0.2) is 24.5 Å². The van der Waals surface area contributed by atoms with Crippen LogP contribution < -0.4 is 11.1 Å². The molecule has 0 radical (unpaired) electrons. The number of nitrogens with two attached hydrogens (primary N) is 1. The standard InChI is InChI=1S/C8H12N4/c1-6(2)5-12-8-7(9)10-3-4-11-8/h3-4H,1,5H2,2H3,(H2,9,10)(H,11,12). The Bertz CT molecular complexity index is 282. The van der Waals surface area contributed by atoms with E-state index in [1.807, 2.05) is 6.92 Å². The Kier molecular flexibility index (Phi) is 2.63. The minimum atomic E-state index is 0.416. The Morgan fingerprint density at radius 1 is 1.58 bits per heavy atom. The minimum absolute atomic E-state index is 0.416. The third-order valence-electron chi connectivity index (χ3n) is 1.28. The Balaban J connectivity index is 2.63. The fraction of sp³-hybridized carbons (Fsp3) is 0.250. The van der Waals surface area contributed by atoms with Gasteiger partial charge in [0.1, 0.15) is 0 Å². The molecule has 0 atom stereocenters. The van der Waals surface area contributed by atoms with Gasteiger partial charge in [0.15, 0.2) is 11.6 Å². The quantitative estimate of drug-likeness (QED) is 0.655. The van der Waals surface area contributed by atoms with E-state index in [-0.39, 0.29) is 0 Å². The molecule has 0 unspecified atom stereocenters. The normalized spacial score (nSPS) is 9.42. The van der Waals surface area contributed by atoms with Crippen LogP contribution in [0.4, 0.5) is 11.6 Å². The predicted octanol–water partition coefficient (Wildman–Crippen LogP) is 1.05. The summed E-state index contributed by atoms with van der Waals surface area (Å²) < 4.78 is 0. The first-order chi connectivity index (χ1) is 5.70. The van der Waals surface area contributed by atoms with Gasteiger partial charge in [-0.15, -0.1) is 0 Å². The van der Waals surface area contributed by atoms with Crippen molar-refractivity contribution in [2.45, 2.75) is 6.92 Å². The molecule has 0 aliphatic heterocycles. The maximum atomic E-state index is 5.54. The molecule has 0 fully saturated rings. The molecule has 0 bridgehead atoms. The first kappa shape index (κ1) is 8.52. The van der Waals surface area contributed by atoms with Crippen LogP contribution in [-0.2, 0) is 0 Å². The van der Waals surface area contributed by atoms with E-state index >= 15 is 0 Å². The SMILES string of the molecule is C=C(C)CNc1nccnc1N. The second kappa shape index (κ2) is 3.71. The zero-order valence-electron chi connectivity index (χ0n) is 7.04. The summed E-state index contributed by atoms with van der Waals surface area (Å²) in [6, 6.07) is 0. The van der Waals surface area contributed by atoms with Crippen molar-refractivity contribution in [1.29, 1.82) is 0 Å². The summed E-state index contributed by atoms with van der Waals surface area (Å²) in [7, 11) is 0. The third kappa shape index (κ3) is 2.23. The van der Waals surface area contributed by atoms with Crippen molar-refractivity contribution in [2.24, 2.45) is 0 Å². The van der Waals surface area contributed by atoms with Crippen LogP contribution in [-0.4, -0.2) is 16.5 Å². The topological polar surface area (TPSA) is 63.8 Å². The molecule has 12 heavy (non-hydrogen) atoms. The fourth-order valence-electron chi connectivity index (χ4n) is 0.720. The highest BCUT2D eigenvalue weighted by Crippen LogP contribution is 2.09. The molecule has 3 N–H and O–H groups in total. The molecule has 0 saturated carbocycles. The van der Waals surface area contributed by atoms with E-state index in [1.54, 1.807) is 12.4 Å². The molecule has 64 valence electrons. The molecule has 1 aromatic heterocycles. The molecule has 0 saturated heterocycles. The van der Waals surface area contributed by atoms with Crippen LogP contribution in [0, 0.1) is 0 Å². The van der Waals surface area contributed by atoms with E-state index in [0.29, 0.717) is 18.2 Å². The van der Waals surface area contributed by atoms with Crippen molar-refractivity contribution < 1.29 is 0 Å². The Morgan fingerprint density at radius 2 is 2.25 bits per heavy atom. The lowest BCUT2D eigenvalue weighted by Crippen LogP contribution is -2.07. The summed E-state index contributed by atoms with van der Waals surface area (Å²) in [6.45, 7) is 6.35. The lowest BCUT2D eigenvalue weighted by atomic mass is 10.3. The number of nitrogen functional groups attached to an aromatic ring is 1. The van der Waals surface area contributed by atoms with Crippen molar-refractivity contribution in [3.63, 3.8) is 0 Å². The van der Waals surface area contributed by atoms with Gasteiger partial charge in [-0.1, -0.05) is 12.2 Å². The number of nitrogens with one attached hydrogen (secondary N) is 1. The van der Waals surface area contributed by atoms with E-state index < -0.39 is 0 Å². The summed E-state index contributed by atoms with van der Waals surface area (Å²) in [6.07, 6.45) is 3.15. The van der Waals surface area contributed by atoms with E-state index in [0.717, 1.165) is 5.57 Å². The smallest absolute Gasteiger partial charge is 0.169 e. The molecule has 0 amide bonds. The van der Waals surface area contributed by atoms with Crippen LogP contribution in [0.3, 0.4) is 0 Å². The highest BCUT2D eigenvalue weighted by Gasteiger charge is 1.97. The number of hydrogen-bond donors (Lipinski definition) is 2. The van der Waals surface area contributed by atoms with Gasteiger partial charge in [-0.25, -0.2) is 9.97 Å². The number of aromatic nitrogens is 2. The molecule has 0 spiro atoms. The highest BCUT2D eigenvalue weighted by atomic mass is 15.0. The summed E-state index contributed by atoms with van der Waals surface area (Å²) in [5.41, 5.74) is 6.57. The van der Waals surface area contributed by atoms with Crippen LogP contribution in [0.2, 0.25) is 0 Å². The van der Waals surface area contributed by atoms with Gasteiger partial charge in [0.2, 0.25) is 0 Å². The minimum Gasteiger partial charge on any atom is -0.381 e. The summed E-state index contributed by atoms with van der Waals surface area (Å²) >= 11 is 0. The van der Waals surface area contributed by atoms with Crippen LogP contribution >= 0.6 is 0 Å². The fourth-order valence-corrected chi connectivity index (χ4v) is 0.720. The maximum absolute atomic E-state index is 5.54. The molecule has 1 heterocycles. The predicted molar refractivity (Wildman–Crippen MR) is 49.7 cm³/mol. The average Bonchev–Trinajstić information content (AvgIpc) is 2.03. The number of nitrogens with zero attached hydrogens (tertiary/aromatic N) is 2. The molecule has 1 aromatic rings. The van der Waals surface area contributed by atoms with Crippen molar-refractivity contribution >= 4 is 11.6 Å². The lowest BCUT2D eigenvalue weighted by Gasteiger charge is -2.05. The van der Waals surface area contributed by atoms with E-state index in [2.05, 4.69) is 21.9 Å².